The van der Waals surface area contributed by atoms with Crippen LogP contribution in [-0.2, 0) is 4.79 Å². The number of fused-ring (bicyclic) bond motifs is 1. The molecule has 0 fully saturated rings. The van der Waals surface area contributed by atoms with Gasteiger partial charge >= 0.3 is 0 Å². The van der Waals surface area contributed by atoms with Crippen molar-refractivity contribution in [2.45, 2.75) is 13.8 Å². The molecule has 0 saturated carbocycles. The summed E-state index contributed by atoms with van der Waals surface area (Å²) in [5.74, 6) is 0.556. The number of carbonyl (C=O) groups excluding carboxylic acids is 1. The maximum absolute atomic E-state index is 11.6. The van der Waals surface area contributed by atoms with Crippen LogP contribution in [0.3, 0.4) is 0 Å². The molecule has 1 N–H and O–H groups in total. The lowest BCUT2D eigenvalue weighted by Crippen LogP contribution is -2.31. The van der Waals surface area contributed by atoms with Crippen LogP contribution < -0.4 is 5.32 Å². The Balaban J connectivity index is 2.20. The maximum Gasteiger partial charge on any atom is 0.250 e. The van der Waals surface area contributed by atoms with E-state index in [4.69, 9.17) is 0 Å². The van der Waals surface area contributed by atoms with Gasteiger partial charge in [0.05, 0.1) is 0 Å². The lowest BCUT2D eigenvalue weighted by molar-refractivity contribution is -0.116. The van der Waals surface area contributed by atoms with Gasteiger partial charge in [0, 0.05) is 23.1 Å². The Hall–Kier alpha value is -1.83. The normalized spacial score (nSPS) is 25.8. The number of hydrogen-bond acceptors (Lipinski definition) is 1. The molecule has 2 aliphatic carbocycles. The first-order valence-electron chi connectivity index (χ1n) is 5.83. The van der Waals surface area contributed by atoms with Gasteiger partial charge in [0.1, 0.15) is 0 Å². The van der Waals surface area contributed by atoms with Crippen LogP contribution in [0.2, 0.25) is 0 Å². The lowest BCUT2D eigenvalue weighted by atomic mass is 9.79. The topological polar surface area (TPSA) is 29.1 Å². The summed E-state index contributed by atoms with van der Waals surface area (Å²) in [5, 5.41) is 2.92. The third-order valence-electron chi connectivity index (χ3n) is 3.23. The summed E-state index contributed by atoms with van der Waals surface area (Å²) in [6, 6.07) is 0. The van der Waals surface area contributed by atoms with E-state index in [1.165, 1.54) is 5.57 Å². The SMILES string of the molecule is C=C(C)C(=O)NC1=CC=C2C=CC=CC2C1C. The standard InChI is InChI=1S/C15H17NO/c1-10(2)15(17)16-14-9-8-12-6-4-5-7-13(12)11(14)3/h4-9,11,13H,1H2,2-3H3,(H,16,17). The first kappa shape index (κ1) is 11.6. The molecule has 2 unspecified atom stereocenters. The van der Waals surface area contributed by atoms with E-state index in [1.807, 2.05) is 12.2 Å². The second-order valence-electron chi connectivity index (χ2n) is 4.58. The molecule has 0 aromatic rings. The second-order valence-corrected chi connectivity index (χ2v) is 4.58. The zero-order chi connectivity index (χ0) is 12.4. The fraction of sp³-hybridized carbons (Fsp3) is 0.267. The van der Waals surface area contributed by atoms with E-state index in [1.54, 1.807) is 6.92 Å². The van der Waals surface area contributed by atoms with Crippen molar-refractivity contribution >= 4 is 5.91 Å². The zero-order valence-corrected chi connectivity index (χ0v) is 10.2. The predicted molar refractivity (Wildman–Crippen MR) is 70.1 cm³/mol. The molecule has 0 bridgehead atoms. The zero-order valence-electron chi connectivity index (χ0n) is 10.2. The molecule has 2 rings (SSSR count). The monoisotopic (exact) mass is 227 g/mol. The minimum absolute atomic E-state index is 0.102. The number of carbonyl (C=O) groups is 1. The Bertz CT molecular complexity index is 477. The third-order valence-corrected chi connectivity index (χ3v) is 3.23. The van der Waals surface area contributed by atoms with Gasteiger partial charge in [-0.3, -0.25) is 4.79 Å². The van der Waals surface area contributed by atoms with Gasteiger partial charge < -0.3 is 5.32 Å². The van der Waals surface area contributed by atoms with Crippen LogP contribution in [-0.4, -0.2) is 5.91 Å². The second kappa shape index (κ2) is 4.58. The third kappa shape index (κ3) is 2.31. The molecule has 0 aromatic heterocycles. The van der Waals surface area contributed by atoms with Crippen LogP contribution in [0.4, 0.5) is 0 Å². The van der Waals surface area contributed by atoms with E-state index in [-0.39, 0.29) is 5.91 Å². The average molecular weight is 227 g/mol. The fourth-order valence-corrected chi connectivity index (χ4v) is 2.12. The molecule has 2 aliphatic rings. The van der Waals surface area contributed by atoms with Gasteiger partial charge in [-0.2, -0.15) is 0 Å². The van der Waals surface area contributed by atoms with Gasteiger partial charge in [-0.25, -0.2) is 0 Å². The van der Waals surface area contributed by atoms with Crippen LogP contribution in [0.1, 0.15) is 13.8 Å². The van der Waals surface area contributed by atoms with Crippen LogP contribution in [0.5, 0.6) is 0 Å². The Morgan fingerprint density at radius 1 is 1.35 bits per heavy atom. The van der Waals surface area contributed by atoms with E-state index in [0.29, 0.717) is 17.4 Å². The molecule has 2 nitrogen and oxygen atoms in total. The Labute approximate surface area is 102 Å². The van der Waals surface area contributed by atoms with Gasteiger partial charge in [0.25, 0.3) is 0 Å². The first-order chi connectivity index (χ1) is 8.09. The van der Waals surface area contributed by atoms with Crippen molar-refractivity contribution < 1.29 is 4.79 Å². The Kier molecular flexibility index (Phi) is 3.14. The maximum atomic E-state index is 11.6. The van der Waals surface area contributed by atoms with Crippen LogP contribution in [0.25, 0.3) is 0 Å². The Morgan fingerprint density at radius 3 is 2.82 bits per heavy atom. The van der Waals surface area contributed by atoms with E-state index < -0.39 is 0 Å². The summed E-state index contributed by atoms with van der Waals surface area (Å²) in [4.78, 5) is 11.6. The number of rotatable bonds is 2. The van der Waals surface area contributed by atoms with E-state index in [9.17, 15) is 4.79 Å². The summed E-state index contributed by atoms with van der Waals surface area (Å²) >= 11 is 0. The quantitative estimate of drug-likeness (QED) is 0.722. The highest BCUT2D eigenvalue weighted by Gasteiger charge is 2.25. The molecule has 1 amide bonds. The highest BCUT2D eigenvalue weighted by molar-refractivity contribution is 5.93. The summed E-state index contributed by atoms with van der Waals surface area (Å²) in [6.45, 7) is 7.49. The van der Waals surface area contributed by atoms with E-state index in [0.717, 1.165) is 5.70 Å². The van der Waals surface area contributed by atoms with Crippen LogP contribution >= 0.6 is 0 Å². The molecule has 0 saturated heterocycles. The van der Waals surface area contributed by atoms with Gasteiger partial charge in [0.15, 0.2) is 0 Å². The van der Waals surface area contributed by atoms with Crippen molar-refractivity contribution in [1.82, 2.24) is 5.32 Å². The predicted octanol–water partition coefficient (Wildman–Crippen LogP) is 2.88. The number of nitrogens with one attached hydrogen (secondary N) is 1. The minimum Gasteiger partial charge on any atom is -0.326 e. The lowest BCUT2D eigenvalue weighted by Gasteiger charge is -2.29. The number of hydrogen-bond donors (Lipinski definition) is 1. The van der Waals surface area contributed by atoms with Gasteiger partial charge in [-0.05, 0) is 18.6 Å². The molecule has 0 aliphatic heterocycles. The molecule has 0 heterocycles. The molecule has 2 atom stereocenters. The van der Waals surface area contributed by atoms with Gasteiger partial charge in [0.2, 0.25) is 5.91 Å². The molecule has 0 spiro atoms. The molecule has 88 valence electrons. The van der Waals surface area contributed by atoms with Crippen molar-refractivity contribution in [3.63, 3.8) is 0 Å². The Morgan fingerprint density at radius 2 is 2.12 bits per heavy atom. The summed E-state index contributed by atoms with van der Waals surface area (Å²) in [5.41, 5.74) is 2.80. The van der Waals surface area contributed by atoms with Crippen LogP contribution in [0, 0.1) is 11.8 Å². The van der Waals surface area contributed by atoms with Gasteiger partial charge in [-0.15, -0.1) is 0 Å². The molecule has 0 radical (unpaired) electrons. The largest absolute Gasteiger partial charge is 0.326 e. The molecular formula is C15H17NO. The minimum atomic E-state index is -0.102. The highest BCUT2D eigenvalue weighted by Crippen LogP contribution is 2.33. The summed E-state index contributed by atoms with van der Waals surface area (Å²) in [6.07, 6.45) is 12.5. The fourth-order valence-electron chi connectivity index (χ4n) is 2.12. The molecule has 2 heteroatoms. The highest BCUT2D eigenvalue weighted by atomic mass is 16.1. The molecule has 0 aromatic carbocycles. The van der Waals surface area contributed by atoms with Crippen molar-refractivity contribution in [1.29, 1.82) is 0 Å². The van der Waals surface area contributed by atoms with E-state index >= 15 is 0 Å². The van der Waals surface area contributed by atoms with Crippen molar-refractivity contribution in [3.05, 3.63) is 59.9 Å². The molecular weight excluding hydrogens is 210 g/mol. The van der Waals surface area contributed by atoms with Gasteiger partial charge in [-0.1, -0.05) is 43.9 Å². The van der Waals surface area contributed by atoms with E-state index in [2.05, 4.69) is 43.1 Å². The summed E-state index contributed by atoms with van der Waals surface area (Å²) in [7, 11) is 0. The first-order valence-corrected chi connectivity index (χ1v) is 5.83. The summed E-state index contributed by atoms with van der Waals surface area (Å²) < 4.78 is 0. The number of allylic oxidation sites excluding steroid dienone is 8. The van der Waals surface area contributed by atoms with Crippen molar-refractivity contribution in [2.75, 3.05) is 0 Å². The average Bonchev–Trinajstić information content (AvgIpc) is 2.33. The van der Waals surface area contributed by atoms with Crippen molar-refractivity contribution in [3.8, 4) is 0 Å². The smallest absolute Gasteiger partial charge is 0.250 e. The molecule has 17 heavy (non-hydrogen) atoms. The van der Waals surface area contributed by atoms with Crippen LogP contribution in [0.15, 0.2) is 59.9 Å². The van der Waals surface area contributed by atoms with Crippen molar-refractivity contribution in [2.24, 2.45) is 11.8 Å². The number of amides is 1.